The van der Waals surface area contributed by atoms with Crippen LogP contribution in [0.25, 0.3) is 0 Å². The lowest BCUT2D eigenvalue weighted by atomic mass is 10.2. The van der Waals surface area contributed by atoms with Crippen LogP contribution in [0.2, 0.25) is 0 Å². The maximum atomic E-state index is 13.6. The normalized spacial score (nSPS) is 18.1. The molecule has 3 rings (SSSR count). The Morgan fingerprint density at radius 2 is 2.10 bits per heavy atom. The van der Waals surface area contributed by atoms with Gasteiger partial charge in [0.15, 0.2) is 0 Å². The van der Waals surface area contributed by atoms with Crippen molar-refractivity contribution in [3.05, 3.63) is 41.7 Å². The first kappa shape index (κ1) is 13.5. The fraction of sp³-hybridized carbons (Fsp3) is 0.308. The van der Waals surface area contributed by atoms with E-state index >= 15 is 0 Å². The fourth-order valence-electron chi connectivity index (χ4n) is 2.15. The van der Waals surface area contributed by atoms with Crippen molar-refractivity contribution in [2.75, 3.05) is 11.4 Å². The summed E-state index contributed by atoms with van der Waals surface area (Å²) in [6.07, 6.45) is 2.07. The van der Waals surface area contributed by atoms with E-state index in [1.165, 1.54) is 22.7 Å². The summed E-state index contributed by atoms with van der Waals surface area (Å²) in [5, 5.41) is 7.43. The number of hydrogen-bond donors (Lipinski definition) is 0. The zero-order valence-electron chi connectivity index (χ0n) is 11.2. The Bertz CT molecular complexity index is 652. The molecule has 0 N–H and O–H groups in total. The van der Waals surface area contributed by atoms with Crippen molar-refractivity contribution < 1.29 is 18.3 Å². The molecular weight excluding hydrogens is 282 g/mol. The van der Waals surface area contributed by atoms with E-state index in [2.05, 4.69) is 10.3 Å². The van der Waals surface area contributed by atoms with Crippen LogP contribution in [0.3, 0.4) is 0 Å². The minimum atomic E-state index is -0.697. The molecule has 1 atom stereocenters. The standard InChI is InChI=1S/C13H12F2N4O2/c1-8-11(14)4-9(5-12(8)15)19-7-10(21-13(19)20)6-18-3-2-16-17-18/h2-5,10H,6-7H2,1H3/t10-/m0/s1. The quantitative estimate of drug-likeness (QED) is 0.867. The number of cyclic esters (lactones) is 1. The summed E-state index contributed by atoms with van der Waals surface area (Å²) >= 11 is 0. The third-order valence-electron chi connectivity index (χ3n) is 3.31. The first-order chi connectivity index (χ1) is 10.0. The van der Waals surface area contributed by atoms with E-state index in [1.54, 1.807) is 6.20 Å². The van der Waals surface area contributed by atoms with Crippen molar-refractivity contribution in [3.63, 3.8) is 0 Å². The molecule has 0 spiro atoms. The van der Waals surface area contributed by atoms with E-state index < -0.39 is 23.8 Å². The van der Waals surface area contributed by atoms with E-state index in [1.807, 2.05) is 0 Å². The summed E-state index contributed by atoms with van der Waals surface area (Å²) in [5.41, 5.74) is 0.0622. The molecule has 1 saturated heterocycles. The third-order valence-corrected chi connectivity index (χ3v) is 3.31. The predicted molar refractivity (Wildman–Crippen MR) is 68.7 cm³/mol. The van der Waals surface area contributed by atoms with Crippen molar-refractivity contribution in [2.45, 2.75) is 19.6 Å². The van der Waals surface area contributed by atoms with Crippen LogP contribution in [-0.2, 0) is 11.3 Å². The number of carbonyl (C=O) groups is 1. The molecule has 1 aromatic heterocycles. The van der Waals surface area contributed by atoms with Crippen molar-refractivity contribution in [3.8, 4) is 0 Å². The van der Waals surface area contributed by atoms with Gasteiger partial charge in [0, 0.05) is 11.8 Å². The second-order valence-electron chi connectivity index (χ2n) is 4.78. The molecule has 2 aromatic rings. The topological polar surface area (TPSA) is 60.3 Å². The monoisotopic (exact) mass is 294 g/mol. The van der Waals surface area contributed by atoms with E-state index in [0.717, 1.165) is 12.1 Å². The first-order valence-electron chi connectivity index (χ1n) is 6.32. The van der Waals surface area contributed by atoms with Gasteiger partial charge in [-0.3, -0.25) is 4.90 Å². The number of hydrogen-bond acceptors (Lipinski definition) is 4. The van der Waals surface area contributed by atoms with Gasteiger partial charge in [0.25, 0.3) is 0 Å². The number of carbonyl (C=O) groups excluding carboxylic acids is 1. The van der Waals surface area contributed by atoms with Gasteiger partial charge in [-0.05, 0) is 19.1 Å². The number of benzene rings is 1. The Morgan fingerprint density at radius 3 is 2.71 bits per heavy atom. The number of halogens is 2. The highest BCUT2D eigenvalue weighted by molar-refractivity contribution is 5.89. The zero-order chi connectivity index (χ0) is 15.0. The smallest absolute Gasteiger partial charge is 0.414 e. The van der Waals surface area contributed by atoms with Gasteiger partial charge in [0.05, 0.1) is 25.0 Å². The zero-order valence-corrected chi connectivity index (χ0v) is 11.2. The highest BCUT2D eigenvalue weighted by Crippen LogP contribution is 2.26. The highest BCUT2D eigenvalue weighted by Gasteiger charge is 2.33. The van der Waals surface area contributed by atoms with Crippen LogP contribution in [0.5, 0.6) is 0 Å². The third kappa shape index (κ3) is 2.56. The van der Waals surface area contributed by atoms with Gasteiger partial charge in [0.2, 0.25) is 0 Å². The Balaban J connectivity index is 1.79. The van der Waals surface area contributed by atoms with Crippen LogP contribution >= 0.6 is 0 Å². The second-order valence-corrected chi connectivity index (χ2v) is 4.78. The molecule has 1 aliphatic heterocycles. The second kappa shape index (κ2) is 5.12. The maximum Gasteiger partial charge on any atom is 0.414 e. The van der Waals surface area contributed by atoms with E-state index in [-0.39, 0.29) is 17.8 Å². The minimum absolute atomic E-state index is 0.0783. The molecule has 0 unspecified atom stereocenters. The Labute approximate surface area is 118 Å². The van der Waals surface area contributed by atoms with Crippen molar-refractivity contribution in [1.29, 1.82) is 0 Å². The fourth-order valence-corrected chi connectivity index (χ4v) is 2.15. The van der Waals surface area contributed by atoms with Crippen molar-refractivity contribution in [2.24, 2.45) is 0 Å². The van der Waals surface area contributed by atoms with Crippen LogP contribution in [0.15, 0.2) is 24.5 Å². The van der Waals surface area contributed by atoms with Crippen LogP contribution in [0.1, 0.15) is 5.56 Å². The van der Waals surface area contributed by atoms with Crippen molar-refractivity contribution >= 4 is 11.8 Å². The van der Waals surface area contributed by atoms with E-state index in [4.69, 9.17) is 4.74 Å². The first-order valence-corrected chi connectivity index (χ1v) is 6.32. The number of nitrogens with zero attached hydrogens (tertiary/aromatic N) is 4. The molecule has 6 nitrogen and oxygen atoms in total. The van der Waals surface area contributed by atoms with Gasteiger partial charge in [-0.1, -0.05) is 5.21 Å². The van der Waals surface area contributed by atoms with Gasteiger partial charge in [-0.15, -0.1) is 5.10 Å². The summed E-state index contributed by atoms with van der Waals surface area (Å²) in [7, 11) is 0. The van der Waals surface area contributed by atoms with E-state index in [0.29, 0.717) is 6.54 Å². The van der Waals surface area contributed by atoms with Crippen molar-refractivity contribution in [1.82, 2.24) is 15.0 Å². The molecule has 110 valence electrons. The molecule has 2 heterocycles. The summed E-state index contributed by atoms with van der Waals surface area (Å²) in [6.45, 7) is 1.87. The molecule has 0 bridgehead atoms. The number of ether oxygens (including phenoxy) is 1. The van der Waals surface area contributed by atoms with Crippen LogP contribution in [-0.4, -0.2) is 33.7 Å². The Morgan fingerprint density at radius 1 is 1.38 bits per heavy atom. The molecule has 0 saturated carbocycles. The average molecular weight is 294 g/mol. The SMILES string of the molecule is Cc1c(F)cc(N2C[C@H](Cn3ccnn3)OC2=O)cc1F. The molecular formula is C13H12F2N4O2. The molecule has 21 heavy (non-hydrogen) atoms. The molecule has 1 amide bonds. The minimum Gasteiger partial charge on any atom is -0.442 e. The summed E-state index contributed by atoms with van der Waals surface area (Å²) in [4.78, 5) is 13.0. The Kier molecular flexibility index (Phi) is 3.28. The molecule has 1 fully saturated rings. The number of anilines is 1. The molecule has 8 heteroatoms. The lowest BCUT2D eigenvalue weighted by molar-refractivity contribution is 0.129. The van der Waals surface area contributed by atoms with Crippen LogP contribution < -0.4 is 4.90 Å². The molecule has 0 radical (unpaired) electrons. The highest BCUT2D eigenvalue weighted by atomic mass is 19.1. The molecule has 0 aliphatic carbocycles. The van der Waals surface area contributed by atoms with Gasteiger partial charge < -0.3 is 4.74 Å². The average Bonchev–Trinajstić information content (AvgIpc) is 3.06. The number of aromatic nitrogens is 3. The summed E-state index contributed by atoms with van der Waals surface area (Å²) in [6, 6.07) is 2.25. The number of amides is 1. The molecule has 1 aliphatic rings. The van der Waals surface area contributed by atoms with Gasteiger partial charge >= 0.3 is 6.09 Å². The molecule has 1 aromatic carbocycles. The van der Waals surface area contributed by atoms with Gasteiger partial charge in [0.1, 0.15) is 17.7 Å². The summed E-state index contributed by atoms with van der Waals surface area (Å²) in [5.74, 6) is -1.39. The number of rotatable bonds is 3. The lowest BCUT2D eigenvalue weighted by Crippen LogP contribution is -2.26. The predicted octanol–water partition coefficient (Wildman–Crippen LogP) is 1.89. The largest absolute Gasteiger partial charge is 0.442 e. The summed E-state index contributed by atoms with van der Waals surface area (Å²) < 4.78 is 33.9. The van der Waals surface area contributed by atoms with Crippen LogP contribution in [0.4, 0.5) is 19.3 Å². The van der Waals surface area contributed by atoms with Crippen LogP contribution in [0, 0.1) is 18.6 Å². The lowest BCUT2D eigenvalue weighted by Gasteiger charge is -2.14. The van der Waals surface area contributed by atoms with Gasteiger partial charge in [-0.2, -0.15) is 0 Å². The Hall–Kier alpha value is -2.51. The van der Waals surface area contributed by atoms with Gasteiger partial charge in [-0.25, -0.2) is 18.3 Å². The maximum absolute atomic E-state index is 13.6. The van der Waals surface area contributed by atoms with E-state index in [9.17, 15) is 13.6 Å².